The second-order valence-electron chi connectivity index (χ2n) is 6.13. The van der Waals surface area contributed by atoms with E-state index >= 15 is 0 Å². The molecular formula is C18H17FN6. The first kappa shape index (κ1) is 15.4. The first-order valence-corrected chi connectivity index (χ1v) is 8.12. The summed E-state index contributed by atoms with van der Waals surface area (Å²) in [4.78, 5) is 19.9. The van der Waals surface area contributed by atoms with Gasteiger partial charge in [-0.1, -0.05) is 13.0 Å². The first-order valence-electron chi connectivity index (χ1n) is 8.12. The van der Waals surface area contributed by atoms with Crippen molar-refractivity contribution in [3.8, 4) is 11.5 Å². The summed E-state index contributed by atoms with van der Waals surface area (Å²) in [5.41, 5.74) is 3.43. The van der Waals surface area contributed by atoms with E-state index in [1.807, 2.05) is 16.8 Å². The minimum Gasteiger partial charge on any atom is -0.343 e. The Morgan fingerprint density at radius 1 is 1.16 bits per heavy atom. The summed E-state index contributed by atoms with van der Waals surface area (Å²) >= 11 is 0. The molecule has 4 rings (SSSR count). The lowest BCUT2D eigenvalue weighted by Gasteiger charge is -2.15. The predicted octanol–water partition coefficient (Wildman–Crippen LogP) is 3.23. The maximum absolute atomic E-state index is 13.4. The molecule has 126 valence electrons. The van der Waals surface area contributed by atoms with Crippen molar-refractivity contribution in [3.05, 3.63) is 60.7 Å². The molecule has 4 aromatic rings. The van der Waals surface area contributed by atoms with E-state index in [2.05, 4.69) is 31.8 Å². The second kappa shape index (κ2) is 6.43. The van der Waals surface area contributed by atoms with Gasteiger partial charge in [-0.15, -0.1) is 0 Å². The van der Waals surface area contributed by atoms with E-state index in [9.17, 15) is 4.39 Å². The number of fused-ring (bicyclic) bond motifs is 1. The largest absolute Gasteiger partial charge is 0.343 e. The molecule has 0 spiro atoms. The van der Waals surface area contributed by atoms with E-state index in [1.54, 1.807) is 30.9 Å². The average molecular weight is 336 g/mol. The van der Waals surface area contributed by atoms with Crippen LogP contribution in [0.1, 0.15) is 12.5 Å². The van der Waals surface area contributed by atoms with Gasteiger partial charge in [-0.3, -0.25) is 0 Å². The van der Waals surface area contributed by atoms with Gasteiger partial charge in [0.2, 0.25) is 5.95 Å². The molecule has 0 saturated heterocycles. The Balaban J connectivity index is 1.55. The van der Waals surface area contributed by atoms with Crippen LogP contribution in [0.25, 0.3) is 22.7 Å². The molecule has 0 aliphatic rings. The highest BCUT2D eigenvalue weighted by Gasteiger charge is 2.13. The highest BCUT2D eigenvalue weighted by atomic mass is 19.1. The van der Waals surface area contributed by atoms with Gasteiger partial charge in [0.05, 0.1) is 11.8 Å². The highest BCUT2D eigenvalue weighted by molar-refractivity contribution is 5.73. The lowest BCUT2D eigenvalue weighted by molar-refractivity contribution is 0.482. The number of nitrogens with one attached hydrogen (secondary N) is 1. The second-order valence-corrected chi connectivity index (χ2v) is 6.13. The molecule has 0 aliphatic heterocycles. The van der Waals surface area contributed by atoms with Crippen molar-refractivity contribution >= 4 is 11.2 Å². The lowest BCUT2D eigenvalue weighted by atomic mass is 10.0. The summed E-state index contributed by atoms with van der Waals surface area (Å²) in [6.45, 7) is 2.93. The van der Waals surface area contributed by atoms with Gasteiger partial charge >= 0.3 is 0 Å². The van der Waals surface area contributed by atoms with Crippen molar-refractivity contribution < 1.29 is 4.39 Å². The van der Waals surface area contributed by atoms with Crippen molar-refractivity contribution in [3.63, 3.8) is 0 Å². The van der Waals surface area contributed by atoms with Crippen molar-refractivity contribution in [1.29, 1.82) is 0 Å². The average Bonchev–Trinajstić information content (AvgIpc) is 3.24. The molecule has 25 heavy (non-hydrogen) atoms. The Morgan fingerprint density at radius 3 is 2.96 bits per heavy atom. The van der Waals surface area contributed by atoms with E-state index in [1.165, 1.54) is 11.6 Å². The van der Waals surface area contributed by atoms with Gasteiger partial charge in [-0.05, 0) is 36.1 Å². The summed E-state index contributed by atoms with van der Waals surface area (Å²) in [5.74, 6) is 0.515. The standard InChI is InChI=1S/C18H17FN6/c1-12(9-13-5-6-20-17-16(13)22-11-23-17)10-25-8-7-21-18(25)14-3-2-4-15(19)24-14/h2-8,11-12H,9-10H2,1H3,(H,20,22,23). The Bertz CT molecular complexity index is 1010. The molecule has 0 saturated carbocycles. The molecule has 7 heteroatoms. The van der Waals surface area contributed by atoms with Crippen LogP contribution in [-0.2, 0) is 13.0 Å². The molecule has 4 aromatic heterocycles. The molecule has 1 unspecified atom stereocenters. The van der Waals surface area contributed by atoms with Gasteiger partial charge in [0.25, 0.3) is 0 Å². The summed E-state index contributed by atoms with van der Waals surface area (Å²) in [5, 5.41) is 0. The topological polar surface area (TPSA) is 72.3 Å². The third-order valence-corrected chi connectivity index (χ3v) is 4.15. The highest BCUT2D eigenvalue weighted by Crippen LogP contribution is 2.20. The van der Waals surface area contributed by atoms with Crippen LogP contribution in [0.5, 0.6) is 0 Å². The zero-order valence-corrected chi connectivity index (χ0v) is 13.7. The van der Waals surface area contributed by atoms with Crippen molar-refractivity contribution in [2.24, 2.45) is 5.92 Å². The van der Waals surface area contributed by atoms with Crippen LogP contribution in [0.15, 0.2) is 49.2 Å². The quantitative estimate of drug-likeness (QED) is 0.568. The lowest BCUT2D eigenvalue weighted by Crippen LogP contribution is -2.11. The van der Waals surface area contributed by atoms with Crippen LogP contribution in [0.3, 0.4) is 0 Å². The Morgan fingerprint density at radius 2 is 2.08 bits per heavy atom. The van der Waals surface area contributed by atoms with Gasteiger partial charge in [0, 0.05) is 25.1 Å². The minimum atomic E-state index is -0.501. The molecule has 0 radical (unpaired) electrons. The van der Waals surface area contributed by atoms with E-state index in [0.717, 1.165) is 24.1 Å². The summed E-state index contributed by atoms with van der Waals surface area (Å²) in [6.07, 6.45) is 7.93. The summed E-state index contributed by atoms with van der Waals surface area (Å²) in [6, 6.07) is 6.76. The van der Waals surface area contributed by atoms with Crippen LogP contribution < -0.4 is 0 Å². The molecular weight excluding hydrogens is 319 g/mol. The number of aromatic amines is 1. The number of pyridine rings is 2. The summed E-state index contributed by atoms with van der Waals surface area (Å²) in [7, 11) is 0. The smallest absolute Gasteiger partial charge is 0.213 e. The fourth-order valence-electron chi connectivity index (χ4n) is 3.07. The van der Waals surface area contributed by atoms with E-state index in [0.29, 0.717) is 17.4 Å². The van der Waals surface area contributed by atoms with Gasteiger partial charge in [0.15, 0.2) is 11.5 Å². The number of aromatic nitrogens is 6. The maximum Gasteiger partial charge on any atom is 0.213 e. The van der Waals surface area contributed by atoms with Crippen LogP contribution in [0, 0.1) is 11.9 Å². The number of H-pyrrole nitrogens is 1. The van der Waals surface area contributed by atoms with Crippen molar-refractivity contribution in [2.45, 2.75) is 19.9 Å². The molecule has 0 aliphatic carbocycles. The predicted molar refractivity (Wildman–Crippen MR) is 92.2 cm³/mol. The molecule has 0 bridgehead atoms. The number of nitrogens with zero attached hydrogens (tertiary/aromatic N) is 5. The zero-order valence-electron chi connectivity index (χ0n) is 13.7. The Labute approximate surface area is 143 Å². The summed E-state index contributed by atoms with van der Waals surface area (Å²) < 4.78 is 15.4. The minimum absolute atomic E-state index is 0.343. The Hall–Kier alpha value is -3.09. The van der Waals surface area contributed by atoms with Crippen LogP contribution in [0.4, 0.5) is 4.39 Å². The number of rotatable bonds is 5. The van der Waals surface area contributed by atoms with E-state index in [4.69, 9.17) is 0 Å². The number of halogens is 1. The fourth-order valence-corrected chi connectivity index (χ4v) is 3.07. The van der Waals surface area contributed by atoms with Gasteiger partial charge < -0.3 is 9.55 Å². The van der Waals surface area contributed by atoms with E-state index in [-0.39, 0.29) is 0 Å². The maximum atomic E-state index is 13.4. The Kier molecular flexibility index (Phi) is 3.97. The fraction of sp³-hybridized carbons (Fsp3) is 0.222. The molecule has 6 nitrogen and oxygen atoms in total. The number of hydrogen-bond donors (Lipinski definition) is 1. The van der Waals surface area contributed by atoms with Crippen LogP contribution in [0.2, 0.25) is 0 Å². The molecule has 0 amide bonds. The molecule has 4 heterocycles. The van der Waals surface area contributed by atoms with Crippen molar-refractivity contribution in [1.82, 2.24) is 29.5 Å². The molecule has 0 fully saturated rings. The van der Waals surface area contributed by atoms with Crippen molar-refractivity contribution in [2.75, 3.05) is 0 Å². The van der Waals surface area contributed by atoms with E-state index < -0.39 is 5.95 Å². The van der Waals surface area contributed by atoms with Gasteiger partial charge in [-0.25, -0.2) is 19.9 Å². The first-order chi connectivity index (χ1) is 12.2. The third-order valence-electron chi connectivity index (χ3n) is 4.15. The monoisotopic (exact) mass is 336 g/mol. The zero-order chi connectivity index (χ0) is 17.2. The van der Waals surface area contributed by atoms with Crippen LogP contribution in [-0.4, -0.2) is 29.5 Å². The normalized spacial score (nSPS) is 12.6. The molecule has 1 atom stereocenters. The number of hydrogen-bond acceptors (Lipinski definition) is 4. The molecule has 1 N–H and O–H groups in total. The number of imidazole rings is 2. The van der Waals surface area contributed by atoms with Gasteiger partial charge in [0.1, 0.15) is 5.69 Å². The van der Waals surface area contributed by atoms with Gasteiger partial charge in [-0.2, -0.15) is 4.39 Å². The third kappa shape index (κ3) is 3.13. The van der Waals surface area contributed by atoms with Crippen LogP contribution >= 0.6 is 0 Å². The molecule has 0 aromatic carbocycles. The SMILES string of the molecule is CC(Cc1ccnc2nc[nH]c12)Cn1ccnc1-c1cccc(F)n1.